The van der Waals surface area contributed by atoms with Gasteiger partial charge in [-0.25, -0.2) is 4.39 Å². The predicted molar refractivity (Wildman–Crippen MR) is 162 cm³/mol. The van der Waals surface area contributed by atoms with Gasteiger partial charge in [0, 0.05) is 23.8 Å². The van der Waals surface area contributed by atoms with Gasteiger partial charge >= 0.3 is 12.1 Å². The maximum absolute atomic E-state index is 15.2. The number of benzene rings is 1. The van der Waals surface area contributed by atoms with E-state index in [0.717, 1.165) is 69.2 Å². The van der Waals surface area contributed by atoms with Crippen molar-refractivity contribution in [3.63, 3.8) is 0 Å². The highest BCUT2D eigenvalue weighted by molar-refractivity contribution is 5.41. The van der Waals surface area contributed by atoms with Crippen LogP contribution in [0.4, 0.5) is 26.3 Å². The highest BCUT2D eigenvalue weighted by Crippen LogP contribution is 2.64. The predicted octanol–water partition coefficient (Wildman–Crippen LogP) is 9.74. The Kier molecular flexibility index (Phi) is 11.3. The molecule has 4 aliphatic rings. The average Bonchev–Trinajstić information content (AvgIpc) is 3.48. The summed E-state index contributed by atoms with van der Waals surface area (Å²) >= 11 is 0. The van der Waals surface area contributed by atoms with Gasteiger partial charge < -0.3 is 15.1 Å². The average molecular weight is 634 g/mol. The van der Waals surface area contributed by atoms with Crippen LogP contribution in [0.25, 0.3) is 0 Å². The van der Waals surface area contributed by atoms with Gasteiger partial charge in [0.15, 0.2) is 0 Å². The van der Waals surface area contributed by atoms with Gasteiger partial charge in [-0.1, -0.05) is 45.6 Å². The molecule has 1 heterocycles. The van der Waals surface area contributed by atoms with E-state index in [-0.39, 0.29) is 23.5 Å². The number of unbranched alkanes of at least 4 members (excludes halogenated alkanes) is 4. The van der Waals surface area contributed by atoms with E-state index in [1.807, 2.05) is 13.0 Å². The molecule has 5 rings (SSSR count). The Morgan fingerprint density at radius 1 is 0.977 bits per heavy atom. The molecule has 7 atom stereocenters. The molecular weight excluding hydrogens is 580 g/mol. The Hall–Kier alpha value is -1.48. The van der Waals surface area contributed by atoms with Crippen molar-refractivity contribution >= 4 is 0 Å². The summed E-state index contributed by atoms with van der Waals surface area (Å²) in [6.07, 6.45) is 4.66. The molecule has 2 N–H and O–H groups in total. The lowest BCUT2D eigenvalue weighted by Gasteiger charge is -2.53. The third-order valence-corrected chi connectivity index (χ3v) is 11.7. The summed E-state index contributed by atoms with van der Waals surface area (Å²) in [7, 11) is 0. The lowest BCUT2D eigenvalue weighted by Crippen LogP contribution is -2.52. The Bertz CT molecular complexity index is 1080. The number of phenols is 1. The molecule has 2 saturated carbocycles. The first-order valence-corrected chi connectivity index (χ1v) is 17.0. The van der Waals surface area contributed by atoms with Crippen molar-refractivity contribution in [2.45, 2.75) is 153 Å². The molecule has 44 heavy (non-hydrogen) atoms. The topological polar surface area (TPSA) is 43.7 Å². The van der Waals surface area contributed by atoms with E-state index in [2.05, 4.69) is 18.7 Å². The van der Waals surface area contributed by atoms with Crippen molar-refractivity contribution in [3.05, 3.63) is 29.3 Å². The van der Waals surface area contributed by atoms with E-state index < -0.39 is 30.3 Å². The van der Waals surface area contributed by atoms with E-state index in [1.165, 1.54) is 25.7 Å². The molecule has 1 aromatic rings. The number of alkyl halides is 6. The number of phenolic OH excluding ortho intramolecular Hbond substituents is 1. The molecule has 0 radical (unpaired) electrons. The summed E-state index contributed by atoms with van der Waals surface area (Å²) in [5.41, 5.74) is 1.15. The van der Waals surface area contributed by atoms with Gasteiger partial charge in [0.05, 0.1) is 5.60 Å². The van der Waals surface area contributed by atoms with Crippen LogP contribution in [0, 0.1) is 17.3 Å². The second kappa shape index (κ2) is 14.1. The van der Waals surface area contributed by atoms with Gasteiger partial charge in [-0.2, -0.15) is 22.0 Å². The van der Waals surface area contributed by atoms with Crippen LogP contribution in [0.3, 0.4) is 0 Å². The highest BCUT2D eigenvalue weighted by atomic mass is 19.4. The molecule has 3 nitrogen and oxygen atoms in total. The Labute approximate surface area is 259 Å². The lowest BCUT2D eigenvalue weighted by atomic mass is 9.53. The van der Waals surface area contributed by atoms with Gasteiger partial charge in [-0.3, -0.25) is 0 Å². The zero-order valence-corrected chi connectivity index (χ0v) is 26.7. The molecule has 9 heteroatoms. The number of hydrogen-bond acceptors (Lipinski definition) is 3. The minimum absolute atomic E-state index is 0.0590. The summed E-state index contributed by atoms with van der Waals surface area (Å²) in [4.78, 5) is 2.46. The summed E-state index contributed by atoms with van der Waals surface area (Å²) in [5, 5.41) is 20.5. The molecule has 3 aliphatic carbocycles. The van der Waals surface area contributed by atoms with E-state index in [1.54, 1.807) is 12.1 Å². The second-order valence-corrected chi connectivity index (χ2v) is 14.5. The number of likely N-dealkylation sites (tertiary alicyclic amines) is 1. The Morgan fingerprint density at radius 3 is 2.43 bits per heavy atom. The van der Waals surface area contributed by atoms with E-state index in [0.29, 0.717) is 30.7 Å². The fourth-order valence-corrected chi connectivity index (χ4v) is 8.94. The van der Waals surface area contributed by atoms with Gasteiger partial charge in [0.1, 0.15) is 11.9 Å². The molecule has 3 fully saturated rings. The molecule has 0 bridgehead atoms. The van der Waals surface area contributed by atoms with Crippen LogP contribution in [0.1, 0.15) is 128 Å². The van der Waals surface area contributed by atoms with Crippen molar-refractivity contribution in [2.24, 2.45) is 17.3 Å². The van der Waals surface area contributed by atoms with Crippen LogP contribution < -0.4 is 0 Å². The smallest absolute Gasteiger partial charge is 0.453 e. The van der Waals surface area contributed by atoms with Crippen LogP contribution >= 0.6 is 0 Å². The van der Waals surface area contributed by atoms with E-state index in [9.17, 15) is 32.2 Å². The fourth-order valence-electron chi connectivity index (χ4n) is 8.94. The fraction of sp³-hybridized carbons (Fsp3) is 0.829. The van der Waals surface area contributed by atoms with Crippen LogP contribution in [-0.2, 0) is 6.42 Å². The monoisotopic (exact) mass is 633 g/mol. The third kappa shape index (κ3) is 7.56. The van der Waals surface area contributed by atoms with Crippen molar-refractivity contribution in [1.29, 1.82) is 0 Å². The largest absolute Gasteiger partial charge is 0.508 e. The number of hydrogen-bond donors (Lipinski definition) is 2. The van der Waals surface area contributed by atoms with Crippen molar-refractivity contribution < 1.29 is 36.6 Å². The Balaban J connectivity index is 0.000000201. The molecule has 1 aliphatic heterocycles. The molecule has 0 amide bonds. The number of aryl methyl sites for hydroxylation is 1. The molecular formula is C35H53F6NO2. The van der Waals surface area contributed by atoms with Crippen LogP contribution in [-0.4, -0.2) is 58.1 Å². The summed E-state index contributed by atoms with van der Waals surface area (Å²) in [6.45, 7) is 8.35. The number of halogens is 6. The van der Waals surface area contributed by atoms with Gasteiger partial charge in [0.2, 0.25) is 0 Å². The minimum Gasteiger partial charge on any atom is -0.508 e. The maximum Gasteiger partial charge on any atom is 0.453 e. The van der Waals surface area contributed by atoms with Crippen molar-refractivity contribution in [2.75, 3.05) is 13.1 Å². The van der Waals surface area contributed by atoms with Gasteiger partial charge in [-0.05, 0) is 119 Å². The third-order valence-electron chi connectivity index (χ3n) is 11.7. The SMILES string of the molecule is CC12CC(F)C3c4ccc(O)cc4CCC3C1CC[C@]2(C)O.CCCCCN1CCCC1CCCCCC(F)(F)C(F)(F)F. The summed E-state index contributed by atoms with van der Waals surface area (Å²) < 4.78 is 76.8. The molecule has 1 aromatic carbocycles. The van der Waals surface area contributed by atoms with Crippen molar-refractivity contribution in [1.82, 2.24) is 4.90 Å². The normalized spacial score (nSPS) is 33.7. The summed E-state index contributed by atoms with van der Waals surface area (Å²) in [6, 6.07) is 5.91. The van der Waals surface area contributed by atoms with E-state index in [4.69, 9.17) is 0 Å². The van der Waals surface area contributed by atoms with Crippen LogP contribution in [0.5, 0.6) is 5.75 Å². The quantitative estimate of drug-likeness (QED) is 0.199. The lowest BCUT2D eigenvalue weighted by molar-refractivity contribution is -0.284. The first-order valence-electron chi connectivity index (χ1n) is 17.0. The molecule has 0 spiro atoms. The standard InChI is InChI=1S/C19H25FO2.C16H28F5N/c1-18-10-16(20)17-13-6-4-12(21)9-11(13)3-5-14(17)15(18)7-8-19(18,2)22;1-2-3-7-12-22-13-8-10-14(22)9-5-4-6-11-15(17,18)16(19,20)21/h4,6,9,14-17,21-22H,3,5,7-8,10H2,1-2H3;14H,2-13H2,1H3/t14?,15?,16?,17?,18?,19-;/m0./s1. The number of fused-ring (bicyclic) bond motifs is 5. The van der Waals surface area contributed by atoms with Crippen molar-refractivity contribution in [3.8, 4) is 5.75 Å². The van der Waals surface area contributed by atoms with Crippen LogP contribution in [0.15, 0.2) is 18.2 Å². The zero-order valence-electron chi connectivity index (χ0n) is 26.7. The number of aromatic hydroxyl groups is 1. The number of aliphatic hydroxyl groups is 1. The highest BCUT2D eigenvalue weighted by Gasteiger charge is 2.62. The molecule has 6 unspecified atom stereocenters. The number of rotatable bonds is 10. The second-order valence-electron chi connectivity index (χ2n) is 14.5. The zero-order chi connectivity index (χ0) is 32.3. The van der Waals surface area contributed by atoms with E-state index >= 15 is 4.39 Å². The first kappa shape index (κ1) is 35.4. The number of nitrogens with zero attached hydrogens (tertiary/aromatic N) is 1. The van der Waals surface area contributed by atoms with Crippen LogP contribution in [0.2, 0.25) is 0 Å². The maximum atomic E-state index is 15.2. The Morgan fingerprint density at radius 2 is 1.73 bits per heavy atom. The summed E-state index contributed by atoms with van der Waals surface area (Å²) in [5.74, 6) is -3.60. The van der Waals surface area contributed by atoms with Gasteiger partial charge in [-0.15, -0.1) is 0 Å². The molecule has 252 valence electrons. The minimum atomic E-state index is -5.41. The van der Waals surface area contributed by atoms with Gasteiger partial charge in [0.25, 0.3) is 0 Å². The molecule has 0 aromatic heterocycles. The molecule has 1 saturated heterocycles. The first-order chi connectivity index (χ1) is 20.6.